The lowest BCUT2D eigenvalue weighted by Crippen LogP contribution is -2.47. The number of carbonyl (C=O) groups is 1. The highest BCUT2D eigenvalue weighted by molar-refractivity contribution is 6.36. The molecule has 3 N–H and O–H groups in total. The summed E-state index contributed by atoms with van der Waals surface area (Å²) in [5.41, 5.74) is 4.64. The zero-order valence-electron chi connectivity index (χ0n) is 15.7. The maximum Gasteiger partial charge on any atom is 0.355 e. The van der Waals surface area contributed by atoms with Crippen LogP contribution in [0.4, 0.5) is 17.3 Å². The highest BCUT2D eigenvalue weighted by Crippen LogP contribution is 2.32. The van der Waals surface area contributed by atoms with Crippen LogP contribution in [0.3, 0.4) is 0 Å². The topological polar surface area (TPSA) is 137 Å². The molecule has 0 saturated carbocycles. The van der Waals surface area contributed by atoms with Crippen molar-refractivity contribution in [3.8, 4) is 0 Å². The highest BCUT2D eigenvalue weighted by Gasteiger charge is 2.29. The molecule has 0 bridgehead atoms. The number of amides is 1. The maximum atomic E-state index is 12.4. The summed E-state index contributed by atoms with van der Waals surface area (Å²) in [6.45, 7) is 2.88. The number of aliphatic hydroxyl groups excluding tert-OH is 1. The van der Waals surface area contributed by atoms with Crippen molar-refractivity contribution in [1.82, 2.24) is 20.3 Å². The van der Waals surface area contributed by atoms with E-state index in [0.717, 1.165) is 0 Å². The molecule has 0 spiro atoms. The SMILES string of the molecule is O=C(NNc1ncnc(N2CCN(CCO)CC2)c1[N+](=O)[O-])c1ccc(Cl)cc1Cl. The molecule has 0 unspecified atom stereocenters. The van der Waals surface area contributed by atoms with Crippen LogP contribution in [0.2, 0.25) is 10.0 Å². The fraction of sp³-hybridized carbons (Fsp3) is 0.353. The van der Waals surface area contributed by atoms with Crippen LogP contribution in [0, 0.1) is 10.1 Å². The molecule has 1 aliphatic heterocycles. The van der Waals surface area contributed by atoms with Gasteiger partial charge in [0.1, 0.15) is 6.33 Å². The number of hydrogen-bond donors (Lipinski definition) is 3. The van der Waals surface area contributed by atoms with Crippen LogP contribution >= 0.6 is 23.2 Å². The van der Waals surface area contributed by atoms with Crippen molar-refractivity contribution in [2.45, 2.75) is 0 Å². The third-order valence-electron chi connectivity index (χ3n) is 4.54. The number of anilines is 2. The predicted octanol–water partition coefficient (Wildman–Crippen LogP) is 1.56. The molecule has 0 radical (unpaired) electrons. The number of benzene rings is 1. The standard InChI is InChI=1S/C17H19Cl2N7O4/c18-11-1-2-12(13(19)9-11)17(28)23-22-15-14(26(29)30)16(21-10-20-15)25-5-3-24(4-6-25)7-8-27/h1-2,9-10,27H,3-8H2,(H,23,28)(H,20,21,22). The first-order valence-corrected chi connectivity index (χ1v) is 9.75. The number of β-amino-alcohol motifs (C(OH)–C–C–N with tert-alkyl or cyclic N) is 1. The summed E-state index contributed by atoms with van der Waals surface area (Å²) >= 11 is 11.8. The molecule has 1 amide bonds. The number of aromatic nitrogens is 2. The van der Waals surface area contributed by atoms with Crippen molar-refractivity contribution in [2.75, 3.05) is 49.7 Å². The van der Waals surface area contributed by atoms with Gasteiger partial charge < -0.3 is 10.0 Å². The first kappa shape index (κ1) is 22.0. The number of nitro groups is 1. The Morgan fingerprint density at radius 1 is 1.23 bits per heavy atom. The summed E-state index contributed by atoms with van der Waals surface area (Å²) in [4.78, 5) is 35.3. The van der Waals surface area contributed by atoms with Crippen LogP contribution in [-0.4, -0.2) is 70.1 Å². The van der Waals surface area contributed by atoms with Gasteiger partial charge in [-0.3, -0.25) is 30.7 Å². The molecule has 0 aliphatic carbocycles. The molecule has 1 saturated heterocycles. The van der Waals surface area contributed by atoms with Gasteiger partial charge in [0.25, 0.3) is 5.91 Å². The zero-order valence-corrected chi connectivity index (χ0v) is 17.2. The second-order valence-corrected chi connectivity index (χ2v) is 7.25. The molecule has 2 aromatic rings. The summed E-state index contributed by atoms with van der Waals surface area (Å²) < 4.78 is 0. The van der Waals surface area contributed by atoms with Gasteiger partial charge in [0.2, 0.25) is 11.6 Å². The predicted molar refractivity (Wildman–Crippen MR) is 112 cm³/mol. The lowest BCUT2D eigenvalue weighted by Gasteiger charge is -2.34. The third kappa shape index (κ3) is 5.05. The normalized spacial score (nSPS) is 14.4. The summed E-state index contributed by atoms with van der Waals surface area (Å²) in [6.07, 6.45) is 1.19. The van der Waals surface area contributed by atoms with Crippen LogP contribution in [0.15, 0.2) is 24.5 Å². The second-order valence-electron chi connectivity index (χ2n) is 6.41. The number of nitrogens with one attached hydrogen (secondary N) is 2. The fourth-order valence-electron chi connectivity index (χ4n) is 3.04. The zero-order chi connectivity index (χ0) is 21.7. The van der Waals surface area contributed by atoms with E-state index in [-0.39, 0.29) is 34.5 Å². The van der Waals surface area contributed by atoms with Crippen LogP contribution in [0.5, 0.6) is 0 Å². The van der Waals surface area contributed by atoms with Crippen molar-refractivity contribution in [3.05, 3.63) is 50.2 Å². The smallest absolute Gasteiger partial charge is 0.355 e. The number of piperazine rings is 1. The molecule has 11 nitrogen and oxygen atoms in total. The molecular formula is C17H19Cl2N7O4. The van der Waals surface area contributed by atoms with Gasteiger partial charge in [0, 0.05) is 37.7 Å². The third-order valence-corrected chi connectivity index (χ3v) is 5.09. The maximum absolute atomic E-state index is 12.4. The Bertz CT molecular complexity index is 938. The van der Waals surface area contributed by atoms with E-state index in [2.05, 4.69) is 25.7 Å². The van der Waals surface area contributed by atoms with Crippen LogP contribution in [-0.2, 0) is 0 Å². The van der Waals surface area contributed by atoms with Crippen molar-refractivity contribution in [1.29, 1.82) is 0 Å². The molecule has 3 rings (SSSR count). The Kier molecular flexibility index (Phi) is 7.21. The summed E-state index contributed by atoms with van der Waals surface area (Å²) in [6, 6.07) is 4.36. The molecule has 160 valence electrons. The van der Waals surface area contributed by atoms with E-state index in [0.29, 0.717) is 37.7 Å². The average molecular weight is 456 g/mol. The van der Waals surface area contributed by atoms with Crippen LogP contribution in [0.1, 0.15) is 10.4 Å². The number of hydrazine groups is 1. The first-order chi connectivity index (χ1) is 14.4. The Labute approximate surface area is 181 Å². The van der Waals surface area contributed by atoms with Crippen LogP contribution in [0.25, 0.3) is 0 Å². The van der Waals surface area contributed by atoms with Crippen molar-refractivity contribution in [3.63, 3.8) is 0 Å². The van der Waals surface area contributed by atoms with Crippen molar-refractivity contribution < 1.29 is 14.8 Å². The Morgan fingerprint density at radius 2 is 1.97 bits per heavy atom. The summed E-state index contributed by atoms with van der Waals surface area (Å²) in [5.74, 6) is -0.607. The molecule has 1 aromatic carbocycles. The van der Waals surface area contributed by atoms with Gasteiger partial charge in [-0.15, -0.1) is 0 Å². The lowest BCUT2D eigenvalue weighted by molar-refractivity contribution is -0.383. The molecular weight excluding hydrogens is 437 g/mol. The minimum absolute atomic E-state index is 0.0546. The monoisotopic (exact) mass is 455 g/mol. The van der Waals surface area contributed by atoms with E-state index < -0.39 is 10.8 Å². The number of rotatable bonds is 7. The molecule has 0 atom stereocenters. The Morgan fingerprint density at radius 3 is 2.60 bits per heavy atom. The quantitative estimate of drug-likeness (QED) is 0.419. The summed E-state index contributed by atoms with van der Waals surface area (Å²) in [5, 5.41) is 21.3. The number of aliphatic hydroxyl groups is 1. The van der Waals surface area contributed by atoms with Crippen molar-refractivity contribution >= 4 is 46.4 Å². The van der Waals surface area contributed by atoms with E-state index >= 15 is 0 Å². The number of hydrogen-bond acceptors (Lipinski definition) is 9. The molecule has 30 heavy (non-hydrogen) atoms. The van der Waals surface area contributed by atoms with E-state index in [1.54, 1.807) is 4.90 Å². The van der Waals surface area contributed by atoms with Crippen LogP contribution < -0.4 is 15.8 Å². The largest absolute Gasteiger partial charge is 0.395 e. The second kappa shape index (κ2) is 9.85. The lowest BCUT2D eigenvalue weighted by atomic mass is 10.2. The number of carbonyl (C=O) groups excluding carboxylic acids is 1. The summed E-state index contributed by atoms with van der Waals surface area (Å²) in [7, 11) is 0. The fourth-order valence-corrected chi connectivity index (χ4v) is 3.54. The molecule has 1 fully saturated rings. The minimum Gasteiger partial charge on any atom is -0.395 e. The van der Waals surface area contributed by atoms with Crippen molar-refractivity contribution in [2.24, 2.45) is 0 Å². The van der Waals surface area contributed by atoms with Gasteiger partial charge in [0.05, 0.1) is 22.1 Å². The average Bonchev–Trinajstić information content (AvgIpc) is 2.72. The first-order valence-electron chi connectivity index (χ1n) is 8.99. The van der Waals surface area contributed by atoms with E-state index in [1.165, 1.54) is 24.5 Å². The molecule has 1 aromatic heterocycles. The highest BCUT2D eigenvalue weighted by atomic mass is 35.5. The van der Waals surface area contributed by atoms with Gasteiger partial charge in [-0.25, -0.2) is 9.97 Å². The molecule has 1 aliphatic rings. The van der Waals surface area contributed by atoms with Gasteiger partial charge in [0.15, 0.2) is 0 Å². The Balaban J connectivity index is 1.76. The van der Waals surface area contributed by atoms with Gasteiger partial charge >= 0.3 is 5.69 Å². The van der Waals surface area contributed by atoms with E-state index in [4.69, 9.17) is 28.3 Å². The van der Waals surface area contributed by atoms with E-state index in [1.807, 2.05) is 0 Å². The molecule has 13 heteroatoms. The minimum atomic E-state index is -0.608. The van der Waals surface area contributed by atoms with Gasteiger partial charge in [-0.2, -0.15) is 0 Å². The van der Waals surface area contributed by atoms with Gasteiger partial charge in [-0.05, 0) is 18.2 Å². The number of halogens is 2. The molecule has 2 heterocycles. The van der Waals surface area contributed by atoms with Gasteiger partial charge in [-0.1, -0.05) is 23.2 Å². The Hall–Kier alpha value is -2.73. The number of nitrogens with zero attached hydrogens (tertiary/aromatic N) is 5. The van der Waals surface area contributed by atoms with E-state index in [9.17, 15) is 14.9 Å².